The van der Waals surface area contributed by atoms with E-state index in [2.05, 4.69) is 47.6 Å². The Balaban J connectivity index is 1.57. The third-order valence-electron chi connectivity index (χ3n) is 13.5. The first-order valence-corrected chi connectivity index (χ1v) is 14.8. The maximum atomic E-state index is 12.8. The average Bonchev–Trinajstić information content (AvgIpc) is 2.84. The van der Waals surface area contributed by atoms with E-state index >= 15 is 0 Å². The molecule has 6 heteroatoms. The smallest absolute Gasteiger partial charge is 0.310 e. The van der Waals surface area contributed by atoms with E-state index in [1.165, 1.54) is 5.57 Å². The van der Waals surface area contributed by atoms with Crippen LogP contribution in [0.3, 0.4) is 0 Å². The molecule has 0 radical (unpaired) electrons. The lowest BCUT2D eigenvalue weighted by Gasteiger charge is -2.71. The Labute approximate surface area is 228 Å². The van der Waals surface area contributed by atoms with Crippen LogP contribution in [0.15, 0.2) is 11.6 Å². The molecule has 0 aromatic carbocycles. The first kappa shape index (κ1) is 27.7. The molecule has 5 aliphatic rings. The van der Waals surface area contributed by atoms with Gasteiger partial charge in [-0.05, 0) is 104 Å². The van der Waals surface area contributed by atoms with Gasteiger partial charge in [-0.15, -0.1) is 0 Å². The predicted molar refractivity (Wildman–Crippen MR) is 144 cm³/mol. The second-order valence-electron chi connectivity index (χ2n) is 15.3. The molecule has 0 aliphatic heterocycles. The number of hydrogen-bond acceptors (Lipinski definition) is 5. The summed E-state index contributed by atoms with van der Waals surface area (Å²) in [7, 11) is 0. The van der Waals surface area contributed by atoms with Crippen LogP contribution in [0.1, 0.15) is 106 Å². The van der Waals surface area contributed by atoms with Crippen molar-refractivity contribution in [2.75, 3.05) is 6.61 Å². The highest BCUT2D eigenvalue weighted by molar-refractivity contribution is 5.76. The number of ether oxygens (including phenoxy) is 2. The zero-order chi connectivity index (χ0) is 27.8. The molecule has 0 heterocycles. The molecule has 0 spiro atoms. The summed E-state index contributed by atoms with van der Waals surface area (Å²) in [5, 5.41) is 10.6. The Morgan fingerprint density at radius 2 is 1.66 bits per heavy atom. The molecule has 0 saturated heterocycles. The number of fused-ring (bicyclic) bond motifs is 7. The van der Waals surface area contributed by atoms with Crippen LogP contribution in [0.4, 0.5) is 0 Å². The lowest BCUT2D eigenvalue weighted by Crippen LogP contribution is -2.66. The third-order valence-corrected chi connectivity index (χ3v) is 13.5. The molecular weight excluding hydrogens is 480 g/mol. The van der Waals surface area contributed by atoms with E-state index in [9.17, 15) is 19.5 Å². The number of carbonyl (C=O) groups is 3. The van der Waals surface area contributed by atoms with E-state index < -0.39 is 16.8 Å². The minimum atomic E-state index is -0.625. The standard InChI is InChI=1S/C32H48O6/c1-27(2)13-15-32(26(35)36)16-14-30(5)21(22(32)17-27)7-8-24-28(3)11-10-25(38-20-34)29(4,18-37-19-33)23(28)9-12-31(24,30)6/h7,19-20,22-25H,8-18H2,1-6H3,(H,35,36)/t22-,23?,24-,25+,28+,29-,30-,31-,32+/m1/s1. The van der Waals surface area contributed by atoms with Gasteiger partial charge in [0.15, 0.2) is 0 Å². The van der Waals surface area contributed by atoms with Crippen LogP contribution in [0.2, 0.25) is 0 Å². The maximum Gasteiger partial charge on any atom is 0.310 e. The van der Waals surface area contributed by atoms with Crippen LogP contribution < -0.4 is 0 Å². The van der Waals surface area contributed by atoms with E-state index in [4.69, 9.17) is 9.47 Å². The molecule has 5 aliphatic carbocycles. The van der Waals surface area contributed by atoms with Crippen molar-refractivity contribution in [3.05, 3.63) is 11.6 Å². The molecule has 0 aromatic rings. The zero-order valence-electron chi connectivity index (χ0n) is 24.3. The largest absolute Gasteiger partial charge is 0.481 e. The topological polar surface area (TPSA) is 89.9 Å². The highest BCUT2D eigenvalue weighted by Gasteiger charge is 2.70. The van der Waals surface area contributed by atoms with Crippen molar-refractivity contribution < 1.29 is 29.0 Å². The Morgan fingerprint density at radius 3 is 2.32 bits per heavy atom. The minimum Gasteiger partial charge on any atom is -0.481 e. The molecule has 6 nitrogen and oxygen atoms in total. The number of carboxylic acids is 1. The highest BCUT2D eigenvalue weighted by Crippen LogP contribution is 2.75. The van der Waals surface area contributed by atoms with Crippen LogP contribution in [-0.2, 0) is 23.9 Å². The summed E-state index contributed by atoms with van der Waals surface area (Å²) in [6.07, 6.45) is 11.4. The van der Waals surface area contributed by atoms with Gasteiger partial charge in [-0.25, -0.2) is 0 Å². The molecule has 9 atom stereocenters. The van der Waals surface area contributed by atoms with Gasteiger partial charge < -0.3 is 14.6 Å². The number of carbonyl (C=O) groups excluding carboxylic acids is 2. The summed E-state index contributed by atoms with van der Waals surface area (Å²) < 4.78 is 11.0. The van der Waals surface area contributed by atoms with Gasteiger partial charge in [0, 0.05) is 5.41 Å². The van der Waals surface area contributed by atoms with Crippen molar-refractivity contribution in [1.29, 1.82) is 0 Å². The Kier molecular flexibility index (Phi) is 6.44. The molecule has 4 fully saturated rings. The number of carboxylic acid groups (broad SMARTS) is 1. The second-order valence-corrected chi connectivity index (χ2v) is 15.3. The van der Waals surface area contributed by atoms with Crippen molar-refractivity contribution in [3.63, 3.8) is 0 Å². The fraction of sp³-hybridized carbons (Fsp3) is 0.844. The Bertz CT molecular complexity index is 1030. The van der Waals surface area contributed by atoms with Crippen molar-refractivity contribution in [2.24, 2.45) is 50.2 Å². The average molecular weight is 529 g/mol. The van der Waals surface area contributed by atoms with Gasteiger partial charge in [-0.1, -0.05) is 53.2 Å². The van der Waals surface area contributed by atoms with Gasteiger partial charge in [0.05, 0.1) is 5.41 Å². The van der Waals surface area contributed by atoms with E-state index in [-0.39, 0.29) is 46.2 Å². The quantitative estimate of drug-likeness (QED) is 0.310. The zero-order valence-corrected chi connectivity index (χ0v) is 24.3. The lowest BCUT2D eigenvalue weighted by atomic mass is 9.33. The molecule has 1 unspecified atom stereocenters. The summed E-state index contributed by atoms with van der Waals surface area (Å²) in [4.78, 5) is 35.5. The lowest BCUT2D eigenvalue weighted by molar-refractivity contribution is -0.222. The fourth-order valence-corrected chi connectivity index (χ4v) is 11.1. The van der Waals surface area contributed by atoms with E-state index in [1.54, 1.807) is 0 Å². The summed E-state index contributed by atoms with van der Waals surface area (Å²) in [6.45, 7) is 15.5. The van der Waals surface area contributed by atoms with E-state index in [0.29, 0.717) is 18.9 Å². The van der Waals surface area contributed by atoms with Gasteiger partial charge in [-0.3, -0.25) is 14.4 Å². The minimum absolute atomic E-state index is 0.00888. The second kappa shape index (κ2) is 8.83. The highest BCUT2D eigenvalue weighted by atomic mass is 16.5. The fourth-order valence-electron chi connectivity index (χ4n) is 11.1. The van der Waals surface area contributed by atoms with Crippen molar-refractivity contribution in [1.82, 2.24) is 0 Å². The van der Waals surface area contributed by atoms with Gasteiger partial charge in [0.2, 0.25) is 0 Å². The molecule has 0 bridgehead atoms. The monoisotopic (exact) mass is 528 g/mol. The first-order valence-electron chi connectivity index (χ1n) is 14.8. The number of allylic oxidation sites excluding steroid dienone is 2. The van der Waals surface area contributed by atoms with Crippen molar-refractivity contribution in [2.45, 2.75) is 112 Å². The molecule has 38 heavy (non-hydrogen) atoms. The summed E-state index contributed by atoms with van der Waals surface area (Å²) in [6, 6.07) is 0. The number of hydrogen-bond donors (Lipinski definition) is 1. The van der Waals surface area contributed by atoms with E-state index in [0.717, 1.165) is 64.2 Å². The summed E-state index contributed by atoms with van der Waals surface area (Å²) in [5.41, 5.74) is 0.562. The van der Waals surface area contributed by atoms with Gasteiger partial charge in [0.1, 0.15) is 12.7 Å². The maximum absolute atomic E-state index is 12.8. The third kappa shape index (κ3) is 3.53. The van der Waals surface area contributed by atoms with E-state index in [1.807, 2.05) is 0 Å². The van der Waals surface area contributed by atoms with Crippen molar-refractivity contribution in [3.8, 4) is 0 Å². The molecule has 1 N–H and O–H groups in total. The first-order chi connectivity index (χ1) is 17.7. The van der Waals surface area contributed by atoms with Crippen LogP contribution in [0.25, 0.3) is 0 Å². The molecular formula is C32H48O6. The summed E-state index contributed by atoms with van der Waals surface area (Å²) in [5.74, 6) is 0.210. The Hall–Kier alpha value is -1.85. The SMILES string of the molecule is CC1(C)CC[C@]2(C(=O)O)CC[C@]3(C)C(=CC[C@@H]4[C@@]5(C)CC[C@H](OC=O)[C@](C)(COC=O)C5CC[C@]43C)[C@H]2C1. The van der Waals surface area contributed by atoms with Gasteiger partial charge >= 0.3 is 5.97 Å². The van der Waals surface area contributed by atoms with Crippen LogP contribution in [0.5, 0.6) is 0 Å². The van der Waals surface area contributed by atoms with Gasteiger partial charge in [0.25, 0.3) is 12.9 Å². The number of aliphatic carboxylic acids is 1. The molecule has 0 amide bonds. The van der Waals surface area contributed by atoms with Gasteiger partial charge in [-0.2, -0.15) is 0 Å². The number of rotatable bonds is 6. The molecule has 212 valence electrons. The summed E-state index contributed by atoms with van der Waals surface area (Å²) >= 11 is 0. The molecule has 5 rings (SSSR count). The molecule has 4 saturated carbocycles. The normalized spacial score (nSPS) is 49.2. The van der Waals surface area contributed by atoms with Crippen molar-refractivity contribution >= 4 is 18.9 Å². The van der Waals surface area contributed by atoms with Crippen LogP contribution >= 0.6 is 0 Å². The van der Waals surface area contributed by atoms with Crippen LogP contribution in [0, 0.1) is 50.2 Å². The molecule has 0 aromatic heterocycles. The predicted octanol–water partition coefficient (Wildman–Crippen LogP) is 6.57. The van der Waals surface area contributed by atoms with Crippen LogP contribution in [-0.4, -0.2) is 36.7 Å². The Morgan fingerprint density at radius 1 is 0.947 bits per heavy atom.